The van der Waals surface area contributed by atoms with Crippen LogP contribution in [0, 0.1) is 3.70 Å². The topological polar surface area (TPSA) is 71.8 Å². The Hall–Kier alpha value is -0.870. The minimum absolute atomic E-state index is 0.0709. The van der Waals surface area contributed by atoms with Crippen molar-refractivity contribution in [3.05, 3.63) is 26.7 Å². The number of nitrogens with zero attached hydrogens (tertiary/aromatic N) is 3. The Balaban J connectivity index is 2.22. The van der Waals surface area contributed by atoms with Gasteiger partial charge in [-0.15, -0.1) is 0 Å². The summed E-state index contributed by atoms with van der Waals surface area (Å²) < 4.78 is 26.4. The summed E-state index contributed by atoms with van der Waals surface area (Å²) in [5, 5.41) is -0.0251. The van der Waals surface area contributed by atoms with Crippen LogP contribution < -0.4 is 4.90 Å². The second kappa shape index (κ2) is 5.89. The van der Waals surface area contributed by atoms with E-state index >= 15 is 0 Å². The zero-order chi connectivity index (χ0) is 16.9. The first-order valence-electron chi connectivity index (χ1n) is 7.05. The van der Waals surface area contributed by atoms with Crippen molar-refractivity contribution in [3.63, 3.8) is 0 Å². The fraction of sp³-hybridized carbons (Fsp3) is 0.429. The van der Waals surface area contributed by atoms with Gasteiger partial charge in [-0.05, 0) is 42.5 Å². The van der Waals surface area contributed by atoms with Gasteiger partial charge < -0.3 is 4.90 Å². The average Bonchev–Trinajstić information content (AvgIpc) is 2.85. The number of anilines is 1. The number of carbonyl (C=O) groups is 1. The molecule has 0 bridgehead atoms. The number of aromatic nitrogens is 2. The quantitative estimate of drug-likeness (QED) is 0.501. The van der Waals surface area contributed by atoms with E-state index in [1.807, 2.05) is 4.90 Å². The van der Waals surface area contributed by atoms with Gasteiger partial charge in [0.05, 0.1) is 27.1 Å². The van der Waals surface area contributed by atoms with Crippen LogP contribution in [0.3, 0.4) is 0 Å². The van der Waals surface area contributed by atoms with Crippen LogP contribution in [0.1, 0.15) is 24.2 Å². The maximum Gasteiger partial charge on any atom is 0.163 e. The van der Waals surface area contributed by atoms with E-state index in [1.54, 1.807) is 23.7 Å². The third-order valence-electron chi connectivity index (χ3n) is 4.10. The molecule has 124 valence electrons. The minimum atomic E-state index is -3.07. The summed E-state index contributed by atoms with van der Waals surface area (Å²) in [6.07, 6.45) is 1.62. The van der Waals surface area contributed by atoms with Gasteiger partial charge in [-0.3, -0.25) is 9.20 Å². The smallest absolute Gasteiger partial charge is 0.163 e. The van der Waals surface area contributed by atoms with E-state index in [0.29, 0.717) is 29.5 Å². The number of hydrogen-bond donors (Lipinski definition) is 0. The molecule has 9 heteroatoms. The number of imidazole rings is 1. The fourth-order valence-corrected chi connectivity index (χ4v) is 5.23. The van der Waals surface area contributed by atoms with Crippen molar-refractivity contribution >= 4 is 61.1 Å². The molecule has 0 amide bonds. The second-order valence-electron chi connectivity index (χ2n) is 5.66. The molecule has 1 fully saturated rings. The van der Waals surface area contributed by atoms with Crippen molar-refractivity contribution in [1.82, 2.24) is 9.38 Å². The van der Waals surface area contributed by atoms with E-state index in [4.69, 9.17) is 11.6 Å². The van der Waals surface area contributed by atoms with Gasteiger partial charge in [0.1, 0.15) is 15.8 Å². The number of hydrogen-bond acceptors (Lipinski definition) is 5. The lowest BCUT2D eigenvalue weighted by Gasteiger charge is -2.34. The number of sulfone groups is 1. The van der Waals surface area contributed by atoms with E-state index in [2.05, 4.69) is 27.6 Å². The van der Waals surface area contributed by atoms with Crippen molar-refractivity contribution < 1.29 is 13.2 Å². The highest BCUT2D eigenvalue weighted by molar-refractivity contribution is 14.1. The Morgan fingerprint density at radius 1 is 1.48 bits per heavy atom. The Bertz CT molecular complexity index is 910. The Labute approximate surface area is 152 Å². The highest BCUT2D eigenvalue weighted by atomic mass is 127. The van der Waals surface area contributed by atoms with Crippen LogP contribution in [0.2, 0.25) is 5.02 Å². The molecule has 3 heterocycles. The highest BCUT2D eigenvalue weighted by Gasteiger charge is 2.32. The minimum Gasteiger partial charge on any atom is -0.355 e. The van der Waals surface area contributed by atoms with Gasteiger partial charge in [0.15, 0.2) is 15.6 Å². The van der Waals surface area contributed by atoms with Gasteiger partial charge in [0.25, 0.3) is 0 Å². The Morgan fingerprint density at radius 3 is 2.78 bits per heavy atom. The molecule has 0 aliphatic carbocycles. The van der Waals surface area contributed by atoms with Crippen molar-refractivity contribution in [2.75, 3.05) is 23.7 Å². The molecular formula is C14H15ClIN3O3S. The monoisotopic (exact) mass is 467 g/mol. The van der Waals surface area contributed by atoms with Gasteiger partial charge >= 0.3 is 0 Å². The molecule has 1 aliphatic rings. The molecule has 1 aliphatic heterocycles. The van der Waals surface area contributed by atoms with E-state index in [1.165, 1.54) is 6.92 Å². The molecule has 0 saturated carbocycles. The normalized spacial score (nSPS) is 20.9. The largest absolute Gasteiger partial charge is 0.355 e. The lowest BCUT2D eigenvalue weighted by molar-refractivity contribution is 0.101. The van der Waals surface area contributed by atoms with Gasteiger partial charge in [-0.2, -0.15) is 0 Å². The van der Waals surface area contributed by atoms with Gasteiger partial charge in [0, 0.05) is 13.1 Å². The third kappa shape index (κ3) is 2.85. The molecule has 0 radical (unpaired) electrons. The maximum absolute atomic E-state index is 12.1. The summed E-state index contributed by atoms with van der Waals surface area (Å²) in [6.45, 7) is 3.86. The number of carbonyl (C=O) groups excluding carboxylic acids is 1. The molecule has 0 N–H and O–H groups in total. The zero-order valence-electron chi connectivity index (χ0n) is 12.6. The summed E-state index contributed by atoms with van der Waals surface area (Å²) in [4.78, 5) is 18.3. The summed E-state index contributed by atoms with van der Waals surface area (Å²) in [5.74, 6) is 0.615. The number of Topliss-reactive ketones (excluding diaryl/α,β-unsaturated/α-hetero) is 1. The van der Waals surface area contributed by atoms with Crippen LogP contribution >= 0.6 is 34.2 Å². The molecule has 23 heavy (non-hydrogen) atoms. The first-order valence-corrected chi connectivity index (χ1v) is 10.2. The standard InChI is InChI=1S/C14H15ClIN3O3S/c1-8-6-18(3-4-23(8,21)22)14-10(9(2)20)5-11(15)12-13(16)17-7-19(12)14/h5,7-8H,3-4,6H2,1-2H3. The van der Waals surface area contributed by atoms with Gasteiger partial charge in [-0.1, -0.05) is 11.6 Å². The highest BCUT2D eigenvalue weighted by Crippen LogP contribution is 2.33. The zero-order valence-corrected chi connectivity index (χ0v) is 16.3. The Kier molecular flexibility index (Phi) is 4.35. The van der Waals surface area contributed by atoms with E-state index in [0.717, 1.165) is 9.22 Å². The van der Waals surface area contributed by atoms with Gasteiger partial charge in [-0.25, -0.2) is 13.4 Å². The number of pyridine rings is 1. The molecule has 0 spiro atoms. The number of rotatable bonds is 2. The summed E-state index contributed by atoms with van der Waals surface area (Å²) in [7, 11) is -3.07. The van der Waals surface area contributed by atoms with E-state index in [9.17, 15) is 13.2 Å². The van der Waals surface area contributed by atoms with Crippen LogP contribution in [-0.4, -0.2) is 47.7 Å². The first kappa shape index (κ1) is 17.0. The van der Waals surface area contributed by atoms with E-state index in [-0.39, 0.29) is 11.5 Å². The molecule has 6 nitrogen and oxygen atoms in total. The number of fused-ring (bicyclic) bond motifs is 1. The van der Waals surface area contributed by atoms with Gasteiger partial charge in [0.2, 0.25) is 0 Å². The predicted molar refractivity (Wildman–Crippen MR) is 98.4 cm³/mol. The molecule has 1 saturated heterocycles. The lowest BCUT2D eigenvalue weighted by atomic mass is 10.1. The third-order valence-corrected chi connectivity index (χ3v) is 7.31. The molecular weight excluding hydrogens is 453 g/mol. The van der Waals surface area contributed by atoms with Crippen LogP contribution in [0.4, 0.5) is 5.82 Å². The molecule has 0 aromatic carbocycles. The van der Waals surface area contributed by atoms with Crippen molar-refractivity contribution in [1.29, 1.82) is 0 Å². The summed E-state index contributed by atoms with van der Waals surface area (Å²) in [5.41, 5.74) is 1.20. The van der Waals surface area contributed by atoms with Crippen LogP contribution in [0.5, 0.6) is 0 Å². The van der Waals surface area contributed by atoms with Crippen LogP contribution in [-0.2, 0) is 9.84 Å². The van der Waals surface area contributed by atoms with Crippen molar-refractivity contribution in [2.24, 2.45) is 0 Å². The molecule has 2 aromatic heterocycles. The Morgan fingerprint density at radius 2 is 2.17 bits per heavy atom. The number of halogens is 2. The summed E-state index contributed by atoms with van der Waals surface area (Å²) >= 11 is 8.39. The molecule has 1 atom stereocenters. The first-order chi connectivity index (χ1) is 10.7. The van der Waals surface area contributed by atoms with Crippen LogP contribution in [0.15, 0.2) is 12.4 Å². The SMILES string of the molecule is CC(=O)c1cc(Cl)c2c(I)ncn2c1N1CCS(=O)(=O)C(C)C1. The molecule has 1 unspecified atom stereocenters. The fourth-order valence-electron chi connectivity index (χ4n) is 2.82. The summed E-state index contributed by atoms with van der Waals surface area (Å²) in [6, 6.07) is 1.65. The van der Waals surface area contributed by atoms with Crippen LogP contribution in [0.25, 0.3) is 5.52 Å². The average molecular weight is 468 g/mol. The van der Waals surface area contributed by atoms with E-state index < -0.39 is 15.1 Å². The molecule has 3 rings (SSSR count). The number of ketones is 1. The maximum atomic E-state index is 12.1. The predicted octanol–water partition coefficient (Wildman–Crippen LogP) is 2.42. The van der Waals surface area contributed by atoms with Crippen molar-refractivity contribution in [2.45, 2.75) is 19.1 Å². The lowest BCUT2D eigenvalue weighted by Crippen LogP contribution is -2.46. The van der Waals surface area contributed by atoms with Crippen molar-refractivity contribution in [3.8, 4) is 0 Å². The molecule has 2 aromatic rings. The second-order valence-corrected chi connectivity index (χ2v) is 9.63.